The minimum atomic E-state index is -4.79. The van der Waals surface area contributed by atoms with Crippen molar-refractivity contribution in [2.75, 3.05) is 19.0 Å². The topological polar surface area (TPSA) is 73.9 Å². The molecule has 2 aromatic carbocycles. The van der Waals surface area contributed by atoms with Crippen molar-refractivity contribution in [2.45, 2.75) is 13.3 Å². The van der Waals surface area contributed by atoms with E-state index in [2.05, 4.69) is 10.1 Å². The molecule has 0 spiro atoms. The standard InChI is InChI=1S/C18H16F3NO5/c1-11(23)15-8-7-14(25-2)9-16(15)26-10-17(24)22-12-3-5-13(6-4-12)27-18(19,20)21/h3-9H,10H2,1-2H3,(H,22,24). The summed E-state index contributed by atoms with van der Waals surface area (Å²) in [7, 11) is 1.45. The number of amides is 1. The quantitative estimate of drug-likeness (QED) is 0.736. The summed E-state index contributed by atoms with van der Waals surface area (Å²) >= 11 is 0. The highest BCUT2D eigenvalue weighted by atomic mass is 19.4. The molecule has 0 atom stereocenters. The molecule has 2 rings (SSSR count). The lowest BCUT2D eigenvalue weighted by molar-refractivity contribution is -0.274. The van der Waals surface area contributed by atoms with Gasteiger partial charge in [0.25, 0.3) is 5.91 Å². The number of rotatable bonds is 7. The number of ketones is 1. The Hall–Kier alpha value is -3.23. The van der Waals surface area contributed by atoms with Crippen molar-refractivity contribution in [1.82, 2.24) is 0 Å². The second-order valence-corrected chi connectivity index (χ2v) is 5.33. The molecule has 6 nitrogen and oxygen atoms in total. The number of ether oxygens (including phenoxy) is 3. The van der Waals surface area contributed by atoms with Gasteiger partial charge in [0.15, 0.2) is 12.4 Å². The Morgan fingerprint density at radius 1 is 1.04 bits per heavy atom. The molecule has 144 valence electrons. The third-order valence-corrected chi connectivity index (χ3v) is 3.30. The fourth-order valence-electron chi connectivity index (χ4n) is 2.12. The predicted octanol–water partition coefficient (Wildman–Crippen LogP) is 3.81. The molecular weight excluding hydrogens is 367 g/mol. The van der Waals surface area contributed by atoms with Gasteiger partial charge in [0, 0.05) is 11.8 Å². The number of hydrogen-bond acceptors (Lipinski definition) is 5. The van der Waals surface area contributed by atoms with Crippen LogP contribution >= 0.6 is 0 Å². The Morgan fingerprint density at radius 2 is 1.67 bits per heavy atom. The molecule has 0 aliphatic rings. The highest BCUT2D eigenvalue weighted by Crippen LogP contribution is 2.26. The molecule has 27 heavy (non-hydrogen) atoms. The molecular formula is C18H16F3NO5. The van der Waals surface area contributed by atoms with Gasteiger partial charge in [0.1, 0.15) is 17.2 Å². The van der Waals surface area contributed by atoms with Crippen molar-refractivity contribution in [3.05, 3.63) is 48.0 Å². The summed E-state index contributed by atoms with van der Waals surface area (Å²) in [5, 5.41) is 2.46. The van der Waals surface area contributed by atoms with E-state index in [1.54, 1.807) is 6.07 Å². The fraction of sp³-hybridized carbons (Fsp3) is 0.222. The van der Waals surface area contributed by atoms with Crippen molar-refractivity contribution >= 4 is 17.4 Å². The minimum Gasteiger partial charge on any atom is -0.497 e. The van der Waals surface area contributed by atoms with Crippen molar-refractivity contribution in [3.8, 4) is 17.2 Å². The summed E-state index contributed by atoms with van der Waals surface area (Å²) in [5.41, 5.74) is 0.549. The zero-order valence-electron chi connectivity index (χ0n) is 14.4. The Labute approximate surface area is 152 Å². The average molecular weight is 383 g/mol. The number of anilines is 1. The summed E-state index contributed by atoms with van der Waals surface area (Å²) < 4.78 is 50.5. The van der Waals surface area contributed by atoms with Crippen molar-refractivity contribution in [3.63, 3.8) is 0 Å². The molecule has 0 heterocycles. The zero-order valence-corrected chi connectivity index (χ0v) is 14.4. The van der Waals surface area contributed by atoms with E-state index in [0.29, 0.717) is 5.75 Å². The summed E-state index contributed by atoms with van der Waals surface area (Å²) in [5.74, 6) is -0.564. The Morgan fingerprint density at radius 3 is 2.22 bits per heavy atom. The van der Waals surface area contributed by atoms with E-state index in [-0.39, 0.29) is 22.8 Å². The molecule has 0 bridgehead atoms. The van der Waals surface area contributed by atoms with E-state index >= 15 is 0 Å². The summed E-state index contributed by atoms with van der Waals surface area (Å²) in [6, 6.07) is 9.24. The van der Waals surface area contributed by atoms with Gasteiger partial charge in [0.05, 0.1) is 12.7 Å². The second kappa shape index (κ2) is 8.43. The summed E-state index contributed by atoms with van der Waals surface area (Å²) in [6.45, 7) is 0.952. The number of nitrogens with one attached hydrogen (secondary N) is 1. The SMILES string of the molecule is COc1ccc(C(C)=O)c(OCC(=O)Nc2ccc(OC(F)(F)F)cc2)c1. The lowest BCUT2D eigenvalue weighted by atomic mass is 10.1. The molecule has 0 radical (unpaired) electrons. The van der Waals surface area contributed by atoms with Crippen LogP contribution in [0.5, 0.6) is 17.2 Å². The maximum absolute atomic E-state index is 12.1. The smallest absolute Gasteiger partial charge is 0.497 e. The van der Waals surface area contributed by atoms with Crippen LogP contribution in [-0.2, 0) is 4.79 Å². The molecule has 1 N–H and O–H groups in total. The molecule has 9 heteroatoms. The number of carbonyl (C=O) groups is 2. The number of Topliss-reactive ketones (excluding diaryl/α,β-unsaturated/α-hetero) is 1. The van der Waals surface area contributed by atoms with Crippen molar-refractivity contribution < 1.29 is 37.0 Å². The monoisotopic (exact) mass is 383 g/mol. The highest BCUT2D eigenvalue weighted by molar-refractivity contribution is 5.97. The van der Waals surface area contributed by atoms with Crippen LogP contribution in [-0.4, -0.2) is 31.8 Å². The largest absolute Gasteiger partial charge is 0.573 e. The van der Waals surface area contributed by atoms with Gasteiger partial charge in [-0.25, -0.2) is 0 Å². The highest BCUT2D eigenvalue weighted by Gasteiger charge is 2.30. The van der Waals surface area contributed by atoms with Crippen LogP contribution in [0.3, 0.4) is 0 Å². The van der Waals surface area contributed by atoms with Crippen molar-refractivity contribution in [1.29, 1.82) is 0 Å². The van der Waals surface area contributed by atoms with Crippen LogP contribution in [0.1, 0.15) is 17.3 Å². The minimum absolute atomic E-state index is 0.186. The molecule has 0 saturated heterocycles. The first-order valence-corrected chi connectivity index (χ1v) is 7.65. The average Bonchev–Trinajstić information content (AvgIpc) is 2.60. The molecule has 0 fully saturated rings. The van der Waals surface area contributed by atoms with Crippen molar-refractivity contribution in [2.24, 2.45) is 0 Å². The number of halogens is 3. The molecule has 0 aliphatic carbocycles. The van der Waals surface area contributed by atoms with Crippen LogP contribution in [0.4, 0.5) is 18.9 Å². The lowest BCUT2D eigenvalue weighted by Gasteiger charge is -2.12. The van der Waals surface area contributed by atoms with E-state index in [1.807, 2.05) is 0 Å². The first kappa shape index (κ1) is 20.1. The Bertz CT molecular complexity index is 819. The third kappa shape index (κ3) is 6.21. The maximum atomic E-state index is 12.1. The zero-order chi connectivity index (χ0) is 20.0. The third-order valence-electron chi connectivity index (χ3n) is 3.30. The van der Waals surface area contributed by atoms with Gasteiger partial charge in [0.2, 0.25) is 0 Å². The Balaban J connectivity index is 1.97. The van der Waals surface area contributed by atoms with Gasteiger partial charge in [-0.1, -0.05) is 0 Å². The summed E-state index contributed by atoms with van der Waals surface area (Å²) in [6.07, 6.45) is -4.79. The molecule has 0 saturated carbocycles. The molecule has 0 aromatic heterocycles. The van der Waals surface area contributed by atoms with Gasteiger partial charge in [-0.2, -0.15) is 0 Å². The van der Waals surface area contributed by atoms with Crippen LogP contribution in [0.15, 0.2) is 42.5 Å². The van der Waals surface area contributed by atoms with Gasteiger partial charge in [-0.15, -0.1) is 13.2 Å². The van der Waals surface area contributed by atoms with Crippen LogP contribution in [0.25, 0.3) is 0 Å². The van der Waals surface area contributed by atoms with Gasteiger partial charge < -0.3 is 19.5 Å². The molecule has 0 aliphatic heterocycles. The number of methoxy groups -OCH3 is 1. The van der Waals surface area contributed by atoms with Gasteiger partial charge in [-0.05, 0) is 43.3 Å². The van der Waals surface area contributed by atoms with Gasteiger partial charge >= 0.3 is 6.36 Å². The number of benzene rings is 2. The van der Waals surface area contributed by atoms with E-state index in [4.69, 9.17) is 9.47 Å². The second-order valence-electron chi connectivity index (χ2n) is 5.33. The first-order valence-electron chi connectivity index (χ1n) is 7.65. The van der Waals surface area contributed by atoms with E-state index in [9.17, 15) is 22.8 Å². The number of carbonyl (C=O) groups excluding carboxylic acids is 2. The van der Waals surface area contributed by atoms with Crippen LogP contribution in [0.2, 0.25) is 0 Å². The first-order chi connectivity index (χ1) is 12.7. The van der Waals surface area contributed by atoms with Crippen LogP contribution in [0, 0.1) is 0 Å². The normalized spacial score (nSPS) is 10.9. The van der Waals surface area contributed by atoms with E-state index in [0.717, 1.165) is 12.1 Å². The predicted molar refractivity (Wildman–Crippen MR) is 90.2 cm³/mol. The lowest BCUT2D eigenvalue weighted by Crippen LogP contribution is -2.21. The summed E-state index contributed by atoms with van der Waals surface area (Å²) in [4.78, 5) is 23.6. The van der Waals surface area contributed by atoms with Gasteiger partial charge in [-0.3, -0.25) is 9.59 Å². The molecule has 1 amide bonds. The van der Waals surface area contributed by atoms with Crippen LogP contribution < -0.4 is 19.5 Å². The van der Waals surface area contributed by atoms with E-state index in [1.165, 1.54) is 38.3 Å². The molecule has 0 unspecified atom stereocenters. The maximum Gasteiger partial charge on any atom is 0.573 e. The Kier molecular flexibility index (Phi) is 6.27. The fourth-order valence-corrected chi connectivity index (χ4v) is 2.12. The number of alkyl halides is 3. The number of hydrogen-bond donors (Lipinski definition) is 1. The molecule has 2 aromatic rings. The van der Waals surface area contributed by atoms with E-state index < -0.39 is 24.6 Å².